The van der Waals surface area contributed by atoms with Gasteiger partial charge in [0.15, 0.2) is 0 Å². The van der Waals surface area contributed by atoms with Crippen molar-refractivity contribution in [2.45, 2.75) is 0 Å². The molecule has 1 aliphatic heterocycles. The van der Waals surface area contributed by atoms with E-state index >= 15 is 0 Å². The van der Waals surface area contributed by atoms with Crippen LogP contribution in [0.5, 0.6) is 5.88 Å². The number of nitrogens with one attached hydrogen (secondary N) is 1. The fourth-order valence-electron chi connectivity index (χ4n) is 2.47. The molecule has 2 aromatic heterocycles. The molecular weight excluding hydrogens is 286 g/mol. The molecule has 21 heavy (non-hydrogen) atoms. The molecule has 102 valence electrons. The quantitative estimate of drug-likeness (QED) is 0.686. The normalized spacial score (nSPS) is 12.5. The second-order valence-electron chi connectivity index (χ2n) is 4.76. The number of nitrogens with zero attached hydrogens (tertiary/aromatic N) is 2. The maximum Gasteiger partial charge on any atom is 0.228 e. The summed E-state index contributed by atoms with van der Waals surface area (Å²) in [5, 5.41) is 7.19. The second-order valence-corrected chi connectivity index (χ2v) is 5.15. The van der Waals surface area contributed by atoms with Crippen molar-refractivity contribution in [2.24, 2.45) is 0 Å². The van der Waals surface area contributed by atoms with Crippen LogP contribution in [0, 0.1) is 0 Å². The Morgan fingerprint density at radius 3 is 2.71 bits per heavy atom. The van der Waals surface area contributed by atoms with Crippen LogP contribution in [0.1, 0.15) is 5.56 Å². The zero-order valence-electron chi connectivity index (χ0n) is 10.9. The third kappa shape index (κ3) is 1.92. The van der Waals surface area contributed by atoms with Gasteiger partial charge in [0, 0.05) is 22.9 Å². The van der Waals surface area contributed by atoms with E-state index in [1.807, 2.05) is 30.5 Å². The van der Waals surface area contributed by atoms with Gasteiger partial charge in [-0.3, -0.25) is 5.10 Å². The highest BCUT2D eigenvalue weighted by Gasteiger charge is 2.22. The van der Waals surface area contributed by atoms with E-state index in [1.165, 1.54) is 0 Å². The van der Waals surface area contributed by atoms with Gasteiger partial charge in [-0.1, -0.05) is 30.3 Å². The van der Waals surface area contributed by atoms with E-state index in [0.29, 0.717) is 16.8 Å². The van der Waals surface area contributed by atoms with Crippen molar-refractivity contribution in [3.63, 3.8) is 0 Å². The summed E-state index contributed by atoms with van der Waals surface area (Å²) in [4.78, 5) is 4.20. The van der Waals surface area contributed by atoms with Crippen molar-refractivity contribution in [3.05, 3.63) is 60.0 Å². The lowest BCUT2D eigenvalue weighted by molar-refractivity contribution is 0.492. The molecule has 4 rings (SSSR count). The number of benzene rings is 1. The Labute approximate surface area is 126 Å². The van der Waals surface area contributed by atoms with Gasteiger partial charge in [0.1, 0.15) is 10.9 Å². The number of H-pyrrole nitrogens is 1. The van der Waals surface area contributed by atoms with Gasteiger partial charge >= 0.3 is 0 Å². The molecule has 0 bridgehead atoms. The fraction of sp³-hybridized carbons (Fsp3) is 0. The Bertz CT molecular complexity index is 856. The van der Waals surface area contributed by atoms with E-state index in [9.17, 15) is 0 Å². The van der Waals surface area contributed by atoms with Crippen LogP contribution < -0.4 is 4.74 Å². The Morgan fingerprint density at radius 1 is 1.05 bits per heavy atom. The first-order valence-corrected chi connectivity index (χ1v) is 6.77. The summed E-state index contributed by atoms with van der Waals surface area (Å²) in [6, 6.07) is 9.79. The first-order valence-electron chi connectivity index (χ1n) is 6.39. The SMILES string of the molecule is C=C1Oc2nc(Cl)ccc2-c2ccc(-c3cn[nH]c3)cc21. The first kappa shape index (κ1) is 12.2. The fourth-order valence-corrected chi connectivity index (χ4v) is 2.61. The van der Waals surface area contributed by atoms with Crippen LogP contribution >= 0.6 is 11.6 Å². The zero-order chi connectivity index (χ0) is 14.4. The molecule has 0 amide bonds. The second kappa shape index (κ2) is 4.46. The van der Waals surface area contributed by atoms with E-state index in [-0.39, 0.29) is 0 Å². The third-order valence-corrected chi connectivity index (χ3v) is 3.70. The van der Waals surface area contributed by atoms with E-state index in [4.69, 9.17) is 16.3 Å². The summed E-state index contributed by atoms with van der Waals surface area (Å²) in [7, 11) is 0. The summed E-state index contributed by atoms with van der Waals surface area (Å²) in [5.74, 6) is 1.06. The number of hydrogen-bond acceptors (Lipinski definition) is 3. The van der Waals surface area contributed by atoms with Crippen LogP contribution in [0.15, 0.2) is 49.3 Å². The van der Waals surface area contributed by atoms with Gasteiger partial charge in [0.2, 0.25) is 5.88 Å². The van der Waals surface area contributed by atoms with Crippen molar-refractivity contribution < 1.29 is 4.74 Å². The van der Waals surface area contributed by atoms with Crippen LogP contribution in [-0.2, 0) is 0 Å². The number of hydrogen-bond donors (Lipinski definition) is 1. The summed E-state index contributed by atoms with van der Waals surface area (Å²) in [6.45, 7) is 3.98. The molecular formula is C16H10ClN3O. The summed E-state index contributed by atoms with van der Waals surface area (Å²) in [5.41, 5.74) is 4.98. The lowest BCUT2D eigenvalue weighted by Gasteiger charge is -2.21. The molecule has 0 radical (unpaired) electrons. The Morgan fingerprint density at radius 2 is 1.90 bits per heavy atom. The molecule has 3 heterocycles. The molecule has 1 aliphatic rings. The number of aromatic nitrogens is 3. The Balaban J connectivity index is 1.91. The van der Waals surface area contributed by atoms with Crippen LogP contribution in [0.3, 0.4) is 0 Å². The predicted molar refractivity (Wildman–Crippen MR) is 81.9 cm³/mol. The molecule has 3 aromatic rings. The topological polar surface area (TPSA) is 50.8 Å². The number of fused-ring (bicyclic) bond motifs is 3. The van der Waals surface area contributed by atoms with Gasteiger partial charge in [0.05, 0.1) is 6.20 Å². The number of pyridine rings is 1. The summed E-state index contributed by atoms with van der Waals surface area (Å²) >= 11 is 5.91. The number of rotatable bonds is 1. The van der Waals surface area contributed by atoms with Gasteiger partial charge in [0.25, 0.3) is 0 Å². The average molecular weight is 296 g/mol. The minimum absolute atomic E-state index is 0.403. The minimum Gasteiger partial charge on any atom is -0.438 e. The molecule has 4 nitrogen and oxygen atoms in total. The monoisotopic (exact) mass is 295 g/mol. The largest absolute Gasteiger partial charge is 0.438 e. The van der Waals surface area contributed by atoms with Crippen molar-refractivity contribution >= 4 is 17.4 Å². The molecule has 5 heteroatoms. The lowest BCUT2D eigenvalue weighted by atomic mass is 9.94. The van der Waals surface area contributed by atoms with Crippen LogP contribution in [0.4, 0.5) is 0 Å². The zero-order valence-corrected chi connectivity index (χ0v) is 11.7. The van der Waals surface area contributed by atoms with Crippen molar-refractivity contribution in [1.29, 1.82) is 0 Å². The van der Waals surface area contributed by atoms with Gasteiger partial charge in [-0.2, -0.15) is 5.10 Å². The van der Waals surface area contributed by atoms with E-state index in [0.717, 1.165) is 27.8 Å². The standard InChI is InChI=1S/C16H10ClN3O/c1-9-14-6-10(11-7-18-19-8-11)2-3-12(14)13-4-5-15(17)20-16(13)21-9/h2-8H,1H2,(H,18,19). The molecule has 1 N–H and O–H groups in total. The van der Waals surface area contributed by atoms with E-state index in [1.54, 1.807) is 12.3 Å². The van der Waals surface area contributed by atoms with Gasteiger partial charge in [-0.15, -0.1) is 0 Å². The number of ether oxygens (including phenoxy) is 1. The number of halogens is 1. The van der Waals surface area contributed by atoms with Crippen molar-refractivity contribution in [3.8, 4) is 28.1 Å². The highest BCUT2D eigenvalue weighted by molar-refractivity contribution is 6.29. The van der Waals surface area contributed by atoms with Gasteiger partial charge in [-0.25, -0.2) is 4.98 Å². The molecule has 0 unspecified atom stereocenters. The predicted octanol–water partition coefficient (Wildman–Crippen LogP) is 4.16. The molecule has 0 atom stereocenters. The highest BCUT2D eigenvalue weighted by atomic mass is 35.5. The van der Waals surface area contributed by atoms with Crippen molar-refractivity contribution in [2.75, 3.05) is 0 Å². The Hall–Kier alpha value is -2.59. The molecule has 0 fully saturated rings. The van der Waals surface area contributed by atoms with Crippen LogP contribution in [0.2, 0.25) is 5.15 Å². The maximum absolute atomic E-state index is 5.91. The maximum atomic E-state index is 5.91. The summed E-state index contributed by atoms with van der Waals surface area (Å²) in [6.07, 6.45) is 3.63. The molecule has 0 saturated carbocycles. The average Bonchev–Trinajstić information content (AvgIpc) is 3.01. The van der Waals surface area contributed by atoms with Crippen molar-refractivity contribution in [1.82, 2.24) is 15.2 Å². The van der Waals surface area contributed by atoms with Crippen LogP contribution in [-0.4, -0.2) is 15.2 Å². The van der Waals surface area contributed by atoms with Gasteiger partial charge < -0.3 is 4.74 Å². The third-order valence-electron chi connectivity index (χ3n) is 3.49. The van der Waals surface area contributed by atoms with Gasteiger partial charge in [-0.05, 0) is 29.3 Å². The van der Waals surface area contributed by atoms with E-state index < -0.39 is 0 Å². The smallest absolute Gasteiger partial charge is 0.228 e. The lowest BCUT2D eigenvalue weighted by Crippen LogP contribution is -2.05. The molecule has 0 aliphatic carbocycles. The highest BCUT2D eigenvalue weighted by Crippen LogP contribution is 2.42. The first-order chi connectivity index (χ1) is 10.2. The minimum atomic E-state index is 0.403. The van der Waals surface area contributed by atoms with Crippen LogP contribution in [0.25, 0.3) is 28.0 Å². The number of aromatic amines is 1. The molecule has 0 spiro atoms. The molecule has 0 saturated heterocycles. The molecule has 1 aromatic carbocycles. The Kier molecular flexibility index (Phi) is 2.59. The summed E-state index contributed by atoms with van der Waals surface area (Å²) < 4.78 is 5.70. The van der Waals surface area contributed by atoms with E-state index in [2.05, 4.69) is 21.8 Å².